The van der Waals surface area contributed by atoms with Crippen LogP contribution in [-0.4, -0.2) is 28.7 Å². The van der Waals surface area contributed by atoms with E-state index in [0.717, 1.165) is 16.5 Å². The van der Waals surface area contributed by atoms with E-state index in [0.29, 0.717) is 18.0 Å². The van der Waals surface area contributed by atoms with E-state index in [1.807, 2.05) is 24.3 Å². The lowest BCUT2D eigenvalue weighted by Gasteiger charge is -2.04. The monoisotopic (exact) mass is 335 g/mol. The first-order valence-corrected chi connectivity index (χ1v) is 7.86. The maximum Gasteiger partial charge on any atom is 0.330 e. The summed E-state index contributed by atoms with van der Waals surface area (Å²) < 4.78 is 4.82. The molecule has 0 spiro atoms. The molecular weight excluding hydrogens is 318 g/mol. The molecule has 6 nitrogen and oxygen atoms in total. The van der Waals surface area contributed by atoms with Crippen LogP contribution in [0.15, 0.2) is 54.6 Å². The van der Waals surface area contributed by atoms with Gasteiger partial charge in [-0.05, 0) is 36.8 Å². The number of H-pyrrole nitrogens is 1. The topological polar surface area (TPSA) is 84.1 Å². The summed E-state index contributed by atoms with van der Waals surface area (Å²) in [7, 11) is 0. The fourth-order valence-electron chi connectivity index (χ4n) is 2.36. The summed E-state index contributed by atoms with van der Waals surface area (Å²) >= 11 is 0. The molecule has 3 rings (SSSR count). The third-order valence-corrected chi connectivity index (χ3v) is 3.55. The number of esters is 1. The van der Waals surface area contributed by atoms with Crippen LogP contribution in [0.3, 0.4) is 0 Å². The molecule has 0 unspecified atom stereocenters. The third-order valence-electron chi connectivity index (χ3n) is 3.55. The average Bonchev–Trinajstić information content (AvgIpc) is 3.05. The lowest BCUT2D eigenvalue weighted by atomic mass is 10.1. The first-order chi connectivity index (χ1) is 12.2. The van der Waals surface area contributed by atoms with Crippen molar-refractivity contribution in [2.45, 2.75) is 6.92 Å². The number of carbonyl (C=O) groups excluding carboxylic acids is 2. The number of benzene rings is 2. The van der Waals surface area contributed by atoms with Gasteiger partial charge in [0, 0.05) is 17.1 Å². The molecule has 2 aromatic carbocycles. The molecule has 0 fully saturated rings. The summed E-state index contributed by atoms with van der Waals surface area (Å²) in [5.41, 5.74) is 2.63. The Balaban J connectivity index is 1.69. The Morgan fingerprint density at radius 1 is 1.16 bits per heavy atom. The molecule has 0 saturated carbocycles. The molecule has 126 valence electrons. The van der Waals surface area contributed by atoms with E-state index in [4.69, 9.17) is 4.74 Å². The molecule has 0 aliphatic heterocycles. The number of nitrogens with zero attached hydrogens (tertiary/aromatic N) is 1. The van der Waals surface area contributed by atoms with Gasteiger partial charge in [-0.25, -0.2) is 4.79 Å². The summed E-state index contributed by atoms with van der Waals surface area (Å²) in [6, 6.07) is 14.6. The minimum absolute atomic E-state index is 0.285. The molecule has 2 N–H and O–H groups in total. The molecule has 6 heteroatoms. The highest BCUT2D eigenvalue weighted by molar-refractivity contribution is 6.11. The SMILES string of the molecule is CCOC(=O)/C=C/c1ccc(NC(=O)c2n[nH]c3ccccc23)cc1. The van der Waals surface area contributed by atoms with Crippen LogP contribution in [0.5, 0.6) is 0 Å². The molecule has 1 heterocycles. The van der Waals surface area contributed by atoms with Crippen molar-refractivity contribution in [1.29, 1.82) is 0 Å². The average molecular weight is 335 g/mol. The van der Waals surface area contributed by atoms with Crippen LogP contribution < -0.4 is 5.32 Å². The van der Waals surface area contributed by atoms with Crippen molar-refractivity contribution in [3.63, 3.8) is 0 Å². The van der Waals surface area contributed by atoms with Gasteiger partial charge in [0.05, 0.1) is 12.1 Å². The number of para-hydroxylation sites is 1. The van der Waals surface area contributed by atoms with Gasteiger partial charge in [-0.15, -0.1) is 0 Å². The quantitative estimate of drug-likeness (QED) is 0.553. The maximum absolute atomic E-state index is 12.4. The Labute approximate surface area is 144 Å². The second kappa shape index (κ2) is 7.44. The lowest BCUT2D eigenvalue weighted by Crippen LogP contribution is -2.12. The van der Waals surface area contributed by atoms with Crippen LogP contribution >= 0.6 is 0 Å². The van der Waals surface area contributed by atoms with Crippen LogP contribution in [0.4, 0.5) is 5.69 Å². The highest BCUT2D eigenvalue weighted by atomic mass is 16.5. The molecule has 0 bridgehead atoms. The van der Waals surface area contributed by atoms with Crippen LogP contribution in [-0.2, 0) is 9.53 Å². The van der Waals surface area contributed by atoms with Crippen LogP contribution in [0.25, 0.3) is 17.0 Å². The van der Waals surface area contributed by atoms with Crippen molar-refractivity contribution in [2.24, 2.45) is 0 Å². The van der Waals surface area contributed by atoms with E-state index in [1.54, 1.807) is 37.3 Å². The van der Waals surface area contributed by atoms with Gasteiger partial charge >= 0.3 is 5.97 Å². The largest absolute Gasteiger partial charge is 0.463 e. The van der Waals surface area contributed by atoms with Crippen LogP contribution in [0, 0.1) is 0 Å². The first kappa shape index (κ1) is 16.4. The number of aromatic nitrogens is 2. The predicted molar refractivity (Wildman–Crippen MR) is 96.2 cm³/mol. The zero-order valence-electron chi connectivity index (χ0n) is 13.7. The minimum Gasteiger partial charge on any atom is -0.463 e. The second-order valence-corrected chi connectivity index (χ2v) is 5.28. The minimum atomic E-state index is -0.384. The summed E-state index contributed by atoms with van der Waals surface area (Å²) in [4.78, 5) is 23.7. The highest BCUT2D eigenvalue weighted by Gasteiger charge is 2.13. The number of nitrogens with one attached hydrogen (secondary N) is 2. The molecule has 0 radical (unpaired) electrons. The van der Waals surface area contributed by atoms with Gasteiger partial charge in [0.15, 0.2) is 5.69 Å². The van der Waals surface area contributed by atoms with Crippen molar-refractivity contribution < 1.29 is 14.3 Å². The highest BCUT2D eigenvalue weighted by Crippen LogP contribution is 2.17. The van der Waals surface area contributed by atoms with Gasteiger partial charge < -0.3 is 10.1 Å². The molecule has 1 amide bonds. The number of fused-ring (bicyclic) bond motifs is 1. The molecule has 1 aromatic heterocycles. The number of aromatic amines is 1. The second-order valence-electron chi connectivity index (χ2n) is 5.28. The molecule has 25 heavy (non-hydrogen) atoms. The van der Waals surface area contributed by atoms with Gasteiger partial charge in [-0.2, -0.15) is 5.10 Å². The van der Waals surface area contributed by atoms with E-state index in [2.05, 4.69) is 15.5 Å². The molecule has 0 atom stereocenters. The van der Waals surface area contributed by atoms with Crippen molar-refractivity contribution >= 4 is 34.5 Å². The number of carbonyl (C=O) groups is 2. The normalized spacial score (nSPS) is 10.9. The van der Waals surface area contributed by atoms with Gasteiger partial charge in [-0.3, -0.25) is 9.89 Å². The standard InChI is InChI=1S/C19H17N3O3/c1-2-25-17(23)12-9-13-7-10-14(11-8-13)20-19(24)18-15-5-3-4-6-16(15)21-22-18/h3-12H,2H2,1H3,(H,20,24)(H,21,22)/b12-9+. The van der Waals surface area contributed by atoms with Crippen LogP contribution in [0.2, 0.25) is 0 Å². The van der Waals surface area contributed by atoms with E-state index >= 15 is 0 Å². The molecule has 0 aliphatic rings. The number of amides is 1. The van der Waals surface area contributed by atoms with E-state index < -0.39 is 0 Å². The number of hydrogen-bond acceptors (Lipinski definition) is 4. The summed E-state index contributed by atoms with van der Waals surface area (Å²) in [6.07, 6.45) is 3.03. The fourth-order valence-corrected chi connectivity index (χ4v) is 2.36. The summed E-state index contributed by atoms with van der Waals surface area (Å²) in [6.45, 7) is 2.10. The zero-order chi connectivity index (χ0) is 17.6. The van der Waals surface area contributed by atoms with Gasteiger partial charge in [0.25, 0.3) is 5.91 Å². The number of rotatable bonds is 5. The third kappa shape index (κ3) is 3.92. The van der Waals surface area contributed by atoms with Gasteiger partial charge in [-0.1, -0.05) is 30.3 Å². The van der Waals surface area contributed by atoms with Crippen molar-refractivity contribution in [2.75, 3.05) is 11.9 Å². The molecule has 0 aliphatic carbocycles. The molecule has 3 aromatic rings. The summed E-state index contributed by atoms with van der Waals surface area (Å²) in [5, 5.41) is 10.5. The zero-order valence-corrected chi connectivity index (χ0v) is 13.7. The Morgan fingerprint density at radius 3 is 2.68 bits per heavy atom. The number of hydrogen-bond donors (Lipinski definition) is 2. The van der Waals surface area contributed by atoms with Gasteiger partial charge in [0.1, 0.15) is 0 Å². The predicted octanol–water partition coefficient (Wildman–Crippen LogP) is 3.39. The maximum atomic E-state index is 12.4. The number of ether oxygens (including phenoxy) is 1. The van der Waals surface area contributed by atoms with Crippen molar-refractivity contribution in [3.8, 4) is 0 Å². The van der Waals surface area contributed by atoms with E-state index in [1.165, 1.54) is 6.08 Å². The Bertz CT molecular complexity index is 926. The number of anilines is 1. The first-order valence-electron chi connectivity index (χ1n) is 7.86. The van der Waals surface area contributed by atoms with Crippen molar-refractivity contribution in [1.82, 2.24) is 10.2 Å². The summed E-state index contributed by atoms with van der Waals surface area (Å²) in [5.74, 6) is -0.669. The van der Waals surface area contributed by atoms with Crippen molar-refractivity contribution in [3.05, 3.63) is 65.9 Å². The lowest BCUT2D eigenvalue weighted by molar-refractivity contribution is -0.137. The van der Waals surface area contributed by atoms with Crippen LogP contribution in [0.1, 0.15) is 23.0 Å². The Kier molecular flexibility index (Phi) is 4.89. The molecule has 0 saturated heterocycles. The Hall–Kier alpha value is -3.41. The Morgan fingerprint density at radius 2 is 1.92 bits per heavy atom. The molecular formula is C19H17N3O3. The fraction of sp³-hybridized carbons (Fsp3) is 0.105. The van der Waals surface area contributed by atoms with E-state index in [-0.39, 0.29) is 11.9 Å². The van der Waals surface area contributed by atoms with E-state index in [9.17, 15) is 9.59 Å². The van der Waals surface area contributed by atoms with Gasteiger partial charge in [0.2, 0.25) is 0 Å². The smallest absolute Gasteiger partial charge is 0.330 e.